The van der Waals surface area contributed by atoms with Crippen molar-refractivity contribution in [2.75, 3.05) is 18.4 Å². The van der Waals surface area contributed by atoms with E-state index in [1.165, 1.54) is 0 Å². The molecule has 0 saturated heterocycles. The monoisotopic (exact) mass is 318 g/mol. The fourth-order valence-corrected chi connectivity index (χ4v) is 1.03. The van der Waals surface area contributed by atoms with Crippen LogP contribution in [-0.2, 0) is 4.79 Å². The first kappa shape index (κ1) is 19.2. The van der Waals surface area contributed by atoms with E-state index in [2.05, 4.69) is 10.6 Å². The number of benzene rings is 1. The zero-order valence-electron chi connectivity index (χ0n) is 11.1. The number of rotatable bonds is 3. The highest BCUT2D eigenvalue weighted by atomic mass is 19.4. The predicted octanol–water partition coefficient (Wildman–Crippen LogP) is 1.27. The summed E-state index contributed by atoms with van der Waals surface area (Å²) in [5, 5.41) is 20.9. The number of nitrogens with two attached hydrogens (primary N) is 1. The fourth-order valence-electron chi connectivity index (χ4n) is 1.03. The Morgan fingerprint density at radius 1 is 1.36 bits per heavy atom. The summed E-state index contributed by atoms with van der Waals surface area (Å²) < 4.78 is 31.7. The van der Waals surface area contributed by atoms with E-state index >= 15 is 0 Å². The van der Waals surface area contributed by atoms with E-state index in [1.54, 1.807) is 24.3 Å². The lowest BCUT2D eigenvalue weighted by Crippen LogP contribution is -2.32. The number of amides is 2. The highest BCUT2D eigenvalue weighted by Gasteiger charge is 2.38. The van der Waals surface area contributed by atoms with E-state index in [4.69, 9.17) is 20.9 Å². The van der Waals surface area contributed by atoms with Crippen molar-refractivity contribution in [1.82, 2.24) is 5.32 Å². The number of urea groups is 1. The third kappa shape index (κ3) is 8.39. The van der Waals surface area contributed by atoms with Crippen molar-refractivity contribution in [3.8, 4) is 6.07 Å². The number of halogens is 3. The molecular formula is C12H13F3N4O3. The lowest BCUT2D eigenvalue weighted by molar-refractivity contribution is -0.192. The van der Waals surface area contributed by atoms with Crippen LogP contribution in [0.2, 0.25) is 0 Å². The summed E-state index contributed by atoms with van der Waals surface area (Å²) in [6.45, 7) is 0.815. The molecule has 1 rings (SSSR count). The summed E-state index contributed by atoms with van der Waals surface area (Å²) in [5.41, 5.74) is 6.32. The second-order valence-corrected chi connectivity index (χ2v) is 3.67. The molecule has 7 nitrogen and oxygen atoms in total. The summed E-state index contributed by atoms with van der Waals surface area (Å²) in [6.07, 6.45) is -5.08. The summed E-state index contributed by atoms with van der Waals surface area (Å²) in [6, 6.07) is 8.35. The van der Waals surface area contributed by atoms with Gasteiger partial charge in [0.25, 0.3) is 0 Å². The first-order valence-electron chi connectivity index (χ1n) is 5.76. The van der Waals surface area contributed by atoms with Crippen molar-refractivity contribution >= 4 is 17.7 Å². The zero-order chi connectivity index (χ0) is 17.2. The van der Waals surface area contributed by atoms with Crippen LogP contribution in [0.25, 0.3) is 0 Å². The van der Waals surface area contributed by atoms with Gasteiger partial charge in [0, 0.05) is 18.8 Å². The molecule has 120 valence electrons. The quantitative estimate of drug-likeness (QED) is 0.667. The summed E-state index contributed by atoms with van der Waals surface area (Å²) in [7, 11) is 0. The minimum atomic E-state index is -5.08. The molecule has 0 bridgehead atoms. The number of hydrogen-bond donors (Lipinski definition) is 4. The normalized spacial score (nSPS) is 9.77. The van der Waals surface area contributed by atoms with Gasteiger partial charge >= 0.3 is 18.2 Å². The number of nitrogens with one attached hydrogen (secondary N) is 2. The molecule has 0 aliphatic heterocycles. The van der Waals surface area contributed by atoms with E-state index in [0.717, 1.165) is 0 Å². The number of carboxylic acids is 1. The Kier molecular flexibility index (Phi) is 8.02. The first-order chi connectivity index (χ1) is 10.2. The van der Waals surface area contributed by atoms with Crippen molar-refractivity contribution in [3.63, 3.8) is 0 Å². The predicted molar refractivity (Wildman–Crippen MR) is 70.9 cm³/mol. The topological polar surface area (TPSA) is 128 Å². The number of alkyl halides is 3. The van der Waals surface area contributed by atoms with Crippen molar-refractivity contribution < 1.29 is 27.9 Å². The highest BCUT2D eigenvalue weighted by molar-refractivity contribution is 5.89. The van der Waals surface area contributed by atoms with Crippen LogP contribution in [0, 0.1) is 11.3 Å². The maximum absolute atomic E-state index is 11.2. The van der Waals surface area contributed by atoms with Crippen molar-refractivity contribution in [2.24, 2.45) is 5.73 Å². The molecule has 0 heterocycles. The number of carboxylic acid groups (broad SMARTS) is 1. The number of aliphatic carboxylic acids is 1. The Morgan fingerprint density at radius 2 is 1.95 bits per heavy atom. The minimum absolute atomic E-state index is 0.324. The molecule has 2 amide bonds. The molecule has 0 radical (unpaired) electrons. The summed E-state index contributed by atoms with van der Waals surface area (Å²) >= 11 is 0. The molecule has 22 heavy (non-hydrogen) atoms. The number of carbonyl (C=O) groups is 2. The van der Waals surface area contributed by atoms with Crippen LogP contribution in [0.15, 0.2) is 24.3 Å². The van der Waals surface area contributed by atoms with E-state index in [0.29, 0.717) is 24.3 Å². The molecule has 1 aromatic rings. The van der Waals surface area contributed by atoms with Gasteiger partial charge in [0.05, 0.1) is 11.6 Å². The molecule has 0 saturated carbocycles. The van der Waals surface area contributed by atoms with E-state index in [9.17, 15) is 18.0 Å². The van der Waals surface area contributed by atoms with Gasteiger partial charge in [0.1, 0.15) is 0 Å². The van der Waals surface area contributed by atoms with Crippen LogP contribution >= 0.6 is 0 Å². The molecular weight excluding hydrogens is 305 g/mol. The average Bonchev–Trinajstić information content (AvgIpc) is 2.45. The first-order valence-corrected chi connectivity index (χ1v) is 5.76. The van der Waals surface area contributed by atoms with Crippen LogP contribution < -0.4 is 16.4 Å². The van der Waals surface area contributed by atoms with Gasteiger partial charge in [0.2, 0.25) is 0 Å². The highest BCUT2D eigenvalue weighted by Crippen LogP contribution is 2.13. The second-order valence-electron chi connectivity index (χ2n) is 3.67. The van der Waals surface area contributed by atoms with Gasteiger partial charge in [-0.05, 0) is 18.2 Å². The molecule has 0 atom stereocenters. The Labute approximate surface area is 123 Å². The summed E-state index contributed by atoms with van der Waals surface area (Å²) in [5.74, 6) is -2.76. The molecule has 5 N–H and O–H groups in total. The second kappa shape index (κ2) is 9.19. The van der Waals surface area contributed by atoms with Crippen LogP contribution in [-0.4, -0.2) is 36.4 Å². The molecule has 0 unspecified atom stereocenters. The molecule has 0 aromatic heterocycles. The fraction of sp³-hybridized carbons (Fsp3) is 0.250. The van der Waals surface area contributed by atoms with Crippen LogP contribution in [0.1, 0.15) is 5.56 Å². The van der Waals surface area contributed by atoms with Gasteiger partial charge in [0.15, 0.2) is 0 Å². The third-order valence-electron chi connectivity index (χ3n) is 1.92. The van der Waals surface area contributed by atoms with Gasteiger partial charge in [-0.15, -0.1) is 0 Å². The molecule has 0 aliphatic carbocycles. The Bertz CT molecular complexity index is 555. The smallest absolute Gasteiger partial charge is 0.475 e. The van der Waals surface area contributed by atoms with Crippen LogP contribution in [0.5, 0.6) is 0 Å². The molecule has 0 aliphatic rings. The van der Waals surface area contributed by atoms with Gasteiger partial charge in [-0.2, -0.15) is 18.4 Å². The lowest BCUT2D eigenvalue weighted by Gasteiger charge is -2.06. The maximum Gasteiger partial charge on any atom is 0.490 e. The Morgan fingerprint density at radius 3 is 2.41 bits per heavy atom. The molecule has 10 heteroatoms. The Balaban J connectivity index is 0.000000534. The number of anilines is 1. The molecule has 0 spiro atoms. The van der Waals surface area contributed by atoms with Crippen molar-refractivity contribution in [1.29, 1.82) is 5.26 Å². The SMILES string of the molecule is N#Cc1cccc(NC(=O)NCCN)c1.O=C(O)C(F)(F)F. The summed E-state index contributed by atoms with van der Waals surface area (Å²) in [4.78, 5) is 20.1. The van der Waals surface area contributed by atoms with Gasteiger partial charge < -0.3 is 21.5 Å². The number of hydrogen-bond acceptors (Lipinski definition) is 4. The van der Waals surface area contributed by atoms with E-state index < -0.39 is 12.1 Å². The van der Waals surface area contributed by atoms with Crippen LogP contribution in [0.4, 0.5) is 23.7 Å². The maximum atomic E-state index is 11.2. The number of nitrogens with zero attached hydrogens (tertiary/aromatic N) is 1. The van der Waals surface area contributed by atoms with E-state index in [-0.39, 0.29) is 6.03 Å². The Hall–Kier alpha value is -2.80. The number of carbonyl (C=O) groups excluding carboxylic acids is 1. The van der Waals surface area contributed by atoms with Crippen LogP contribution in [0.3, 0.4) is 0 Å². The standard InChI is InChI=1S/C10H12N4O.C2HF3O2/c11-4-5-13-10(15)14-9-3-1-2-8(6-9)7-12;3-2(4,5)1(6)7/h1-3,6H,4-5,11H2,(H2,13,14,15);(H,6,7). The van der Waals surface area contributed by atoms with Gasteiger partial charge in [-0.1, -0.05) is 6.07 Å². The van der Waals surface area contributed by atoms with Gasteiger partial charge in [-0.25, -0.2) is 9.59 Å². The third-order valence-corrected chi connectivity index (χ3v) is 1.92. The van der Waals surface area contributed by atoms with Gasteiger partial charge in [-0.3, -0.25) is 0 Å². The number of nitriles is 1. The average molecular weight is 318 g/mol. The largest absolute Gasteiger partial charge is 0.490 e. The zero-order valence-corrected chi connectivity index (χ0v) is 11.1. The molecule has 1 aromatic carbocycles. The van der Waals surface area contributed by atoms with Crippen molar-refractivity contribution in [3.05, 3.63) is 29.8 Å². The lowest BCUT2D eigenvalue weighted by atomic mass is 10.2. The minimum Gasteiger partial charge on any atom is -0.475 e. The van der Waals surface area contributed by atoms with E-state index in [1.807, 2.05) is 6.07 Å². The van der Waals surface area contributed by atoms with Crippen molar-refractivity contribution in [2.45, 2.75) is 6.18 Å². The molecule has 0 fully saturated rings.